The smallest absolute Gasteiger partial charge is 0.274 e. The zero-order valence-corrected chi connectivity index (χ0v) is 12.0. The first-order valence-corrected chi connectivity index (χ1v) is 7.41. The normalized spacial score (nSPS) is 14.1. The fraction of sp³-hybridized carbons (Fsp3) is 0.167. The van der Waals surface area contributed by atoms with Gasteiger partial charge in [-0.3, -0.25) is 4.79 Å². The van der Waals surface area contributed by atoms with Crippen molar-refractivity contribution in [3.63, 3.8) is 0 Å². The van der Waals surface area contributed by atoms with Crippen molar-refractivity contribution in [2.75, 3.05) is 11.4 Å². The molecule has 4 rings (SSSR count). The first kappa shape index (κ1) is 13.1. The number of H-pyrrole nitrogens is 1. The van der Waals surface area contributed by atoms with Gasteiger partial charge in [0.25, 0.3) is 5.91 Å². The van der Waals surface area contributed by atoms with E-state index in [-0.39, 0.29) is 11.7 Å². The van der Waals surface area contributed by atoms with Gasteiger partial charge < -0.3 is 9.88 Å². The number of fused-ring (bicyclic) bond motifs is 2. The zero-order valence-electron chi connectivity index (χ0n) is 12.0. The number of amides is 1. The molecule has 0 saturated heterocycles. The number of benzene rings is 2. The van der Waals surface area contributed by atoms with E-state index in [0.717, 1.165) is 18.5 Å². The number of para-hydroxylation sites is 1. The average molecular weight is 294 g/mol. The Labute approximate surface area is 127 Å². The highest BCUT2D eigenvalue weighted by Crippen LogP contribution is 2.29. The van der Waals surface area contributed by atoms with Gasteiger partial charge in [-0.05, 0) is 42.7 Å². The summed E-state index contributed by atoms with van der Waals surface area (Å²) in [7, 11) is 0. The minimum absolute atomic E-state index is 0.109. The highest BCUT2D eigenvalue weighted by atomic mass is 19.1. The molecule has 1 aliphatic heterocycles. The maximum Gasteiger partial charge on any atom is 0.274 e. The third kappa shape index (κ3) is 1.99. The Kier molecular flexibility index (Phi) is 2.96. The molecule has 0 spiro atoms. The molecule has 2 aromatic carbocycles. The second-order valence-corrected chi connectivity index (χ2v) is 5.57. The summed E-state index contributed by atoms with van der Waals surface area (Å²) in [5.41, 5.74) is 3.22. The third-order valence-electron chi connectivity index (χ3n) is 4.20. The van der Waals surface area contributed by atoms with Crippen LogP contribution in [0.25, 0.3) is 10.9 Å². The molecule has 0 atom stereocenters. The van der Waals surface area contributed by atoms with Crippen LogP contribution in [0.5, 0.6) is 0 Å². The van der Waals surface area contributed by atoms with E-state index in [4.69, 9.17) is 0 Å². The number of halogens is 1. The third-order valence-corrected chi connectivity index (χ3v) is 4.20. The van der Waals surface area contributed by atoms with E-state index in [1.165, 1.54) is 11.6 Å². The van der Waals surface area contributed by atoms with Gasteiger partial charge in [-0.15, -0.1) is 0 Å². The maximum absolute atomic E-state index is 13.8. The van der Waals surface area contributed by atoms with E-state index in [0.29, 0.717) is 23.1 Å². The predicted molar refractivity (Wildman–Crippen MR) is 84.7 cm³/mol. The Bertz CT molecular complexity index is 868. The van der Waals surface area contributed by atoms with Crippen LogP contribution in [0, 0.1) is 5.82 Å². The number of aromatic nitrogens is 1. The molecule has 0 aliphatic carbocycles. The minimum atomic E-state index is -0.313. The summed E-state index contributed by atoms with van der Waals surface area (Å²) in [4.78, 5) is 17.6. The van der Waals surface area contributed by atoms with E-state index in [2.05, 4.69) is 11.1 Å². The second kappa shape index (κ2) is 4.98. The number of hydrogen-bond donors (Lipinski definition) is 1. The fourth-order valence-electron chi connectivity index (χ4n) is 3.12. The van der Waals surface area contributed by atoms with Gasteiger partial charge in [0.2, 0.25) is 0 Å². The van der Waals surface area contributed by atoms with E-state index in [9.17, 15) is 9.18 Å². The van der Waals surface area contributed by atoms with E-state index in [1.54, 1.807) is 23.1 Å². The molecule has 0 saturated carbocycles. The molecule has 1 N–H and O–H groups in total. The second-order valence-electron chi connectivity index (χ2n) is 5.57. The summed E-state index contributed by atoms with van der Waals surface area (Å²) >= 11 is 0. The van der Waals surface area contributed by atoms with Gasteiger partial charge in [-0.25, -0.2) is 4.39 Å². The lowest BCUT2D eigenvalue weighted by Crippen LogP contribution is -2.35. The lowest BCUT2D eigenvalue weighted by Gasteiger charge is -2.29. The topological polar surface area (TPSA) is 36.1 Å². The van der Waals surface area contributed by atoms with Crippen molar-refractivity contribution in [3.8, 4) is 0 Å². The van der Waals surface area contributed by atoms with Crippen LogP contribution < -0.4 is 4.90 Å². The number of carbonyl (C=O) groups is 1. The molecular formula is C18H15FN2O. The van der Waals surface area contributed by atoms with Gasteiger partial charge in [0.15, 0.2) is 0 Å². The van der Waals surface area contributed by atoms with Crippen molar-refractivity contribution in [2.24, 2.45) is 0 Å². The van der Waals surface area contributed by atoms with E-state index >= 15 is 0 Å². The SMILES string of the molecule is O=C(c1cc2c(F)cccc2[nH]1)N1CCCc2ccccc21. The Morgan fingerprint density at radius 3 is 2.86 bits per heavy atom. The molecule has 3 aromatic rings. The number of hydrogen-bond acceptors (Lipinski definition) is 1. The highest BCUT2D eigenvalue weighted by molar-refractivity contribution is 6.08. The van der Waals surface area contributed by atoms with Gasteiger partial charge in [-0.2, -0.15) is 0 Å². The predicted octanol–water partition coefficient (Wildman–Crippen LogP) is 3.90. The van der Waals surface area contributed by atoms with Gasteiger partial charge in [0, 0.05) is 23.1 Å². The standard InChI is InChI=1S/C18H15FN2O/c19-14-7-3-8-15-13(14)11-16(20-15)18(22)21-10-4-6-12-5-1-2-9-17(12)21/h1-3,5,7-9,11,20H,4,6,10H2. The molecule has 0 bridgehead atoms. The Hall–Kier alpha value is -2.62. The molecule has 22 heavy (non-hydrogen) atoms. The summed E-state index contributed by atoms with van der Waals surface area (Å²) in [6.07, 6.45) is 1.93. The van der Waals surface area contributed by atoms with Crippen LogP contribution in [0.4, 0.5) is 10.1 Å². The van der Waals surface area contributed by atoms with Gasteiger partial charge >= 0.3 is 0 Å². The molecule has 2 heterocycles. The molecular weight excluding hydrogens is 279 g/mol. The molecule has 0 fully saturated rings. The lowest BCUT2D eigenvalue weighted by atomic mass is 10.0. The maximum atomic E-state index is 13.8. The summed E-state index contributed by atoms with van der Waals surface area (Å²) in [5.74, 6) is -0.422. The Morgan fingerprint density at radius 1 is 1.14 bits per heavy atom. The van der Waals surface area contributed by atoms with Crippen LogP contribution in [-0.4, -0.2) is 17.4 Å². The molecule has 0 unspecified atom stereocenters. The molecule has 1 amide bonds. The number of nitrogens with zero attached hydrogens (tertiary/aromatic N) is 1. The van der Waals surface area contributed by atoms with Crippen molar-refractivity contribution in [1.29, 1.82) is 0 Å². The average Bonchev–Trinajstić information content (AvgIpc) is 2.99. The highest BCUT2D eigenvalue weighted by Gasteiger charge is 2.24. The molecule has 3 nitrogen and oxygen atoms in total. The Balaban J connectivity index is 1.77. The van der Waals surface area contributed by atoms with Crippen LogP contribution >= 0.6 is 0 Å². The number of aryl methyl sites for hydroxylation is 1. The summed E-state index contributed by atoms with van der Waals surface area (Å²) in [6, 6.07) is 14.4. The first-order chi connectivity index (χ1) is 10.7. The fourth-order valence-corrected chi connectivity index (χ4v) is 3.12. The largest absolute Gasteiger partial charge is 0.350 e. The number of nitrogens with one attached hydrogen (secondary N) is 1. The Morgan fingerprint density at radius 2 is 2.00 bits per heavy atom. The van der Waals surface area contributed by atoms with Crippen LogP contribution in [0.15, 0.2) is 48.5 Å². The molecule has 0 radical (unpaired) electrons. The van der Waals surface area contributed by atoms with Crippen molar-refractivity contribution < 1.29 is 9.18 Å². The van der Waals surface area contributed by atoms with Crippen LogP contribution in [0.3, 0.4) is 0 Å². The van der Waals surface area contributed by atoms with Crippen LogP contribution in [0.1, 0.15) is 22.5 Å². The molecule has 110 valence electrons. The summed E-state index contributed by atoms with van der Waals surface area (Å²) < 4.78 is 13.8. The van der Waals surface area contributed by atoms with Crippen molar-refractivity contribution in [1.82, 2.24) is 4.98 Å². The molecule has 1 aliphatic rings. The monoisotopic (exact) mass is 294 g/mol. The van der Waals surface area contributed by atoms with Crippen molar-refractivity contribution in [2.45, 2.75) is 12.8 Å². The summed E-state index contributed by atoms with van der Waals surface area (Å²) in [6.45, 7) is 0.688. The first-order valence-electron chi connectivity index (χ1n) is 7.41. The number of carbonyl (C=O) groups excluding carboxylic acids is 1. The molecule has 1 aromatic heterocycles. The quantitative estimate of drug-likeness (QED) is 0.726. The van der Waals surface area contributed by atoms with E-state index in [1.807, 2.05) is 18.2 Å². The lowest BCUT2D eigenvalue weighted by molar-refractivity contribution is 0.0981. The molecule has 4 heteroatoms. The van der Waals surface area contributed by atoms with Crippen LogP contribution in [0.2, 0.25) is 0 Å². The number of aromatic amines is 1. The number of anilines is 1. The van der Waals surface area contributed by atoms with Gasteiger partial charge in [-0.1, -0.05) is 24.3 Å². The minimum Gasteiger partial charge on any atom is -0.350 e. The van der Waals surface area contributed by atoms with Gasteiger partial charge in [0.05, 0.1) is 0 Å². The van der Waals surface area contributed by atoms with Gasteiger partial charge in [0.1, 0.15) is 11.5 Å². The number of rotatable bonds is 1. The van der Waals surface area contributed by atoms with Crippen LogP contribution in [-0.2, 0) is 6.42 Å². The van der Waals surface area contributed by atoms with Crippen molar-refractivity contribution >= 4 is 22.5 Å². The van der Waals surface area contributed by atoms with Crippen molar-refractivity contribution in [3.05, 3.63) is 65.6 Å². The summed E-state index contributed by atoms with van der Waals surface area (Å²) in [5, 5.41) is 0.455. The zero-order chi connectivity index (χ0) is 15.1. The van der Waals surface area contributed by atoms with E-state index < -0.39 is 0 Å².